The summed E-state index contributed by atoms with van der Waals surface area (Å²) < 4.78 is 49.6. The van der Waals surface area contributed by atoms with Crippen molar-refractivity contribution in [2.45, 2.75) is 23.3 Å². The maximum Gasteiger partial charge on any atom is 2.00 e. The van der Waals surface area contributed by atoms with Crippen LogP contribution in [0, 0.1) is 0 Å². The quantitative estimate of drug-likeness (QED) is 0.220. The van der Waals surface area contributed by atoms with E-state index in [9.17, 15) is 19.8 Å². The average molecular weight is 431 g/mol. The second kappa shape index (κ2) is 11.7. The molecule has 0 aliphatic heterocycles. The Balaban J connectivity index is -0.000000256. The maximum absolute atomic E-state index is 9.63. The number of carboxylic acids is 2. The molecule has 0 bridgehead atoms. The first-order valence-corrected chi connectivity index (χ1v) is 13.2. The minimum atomic E-state index is -4.58. The Morgan fingerprint density at radius 1 is 0.737 bits per heavy atom. The van der Waals surface area contributed by atoms with Crippen LogP contribution in [-0.2, 0) is 9.59 Å². The van der Waals surface area contributed by atoms with Gasteiger partial charge < -0.3 is 0 Å². The molecule has 6 N–H and O–H groups in total. The molecular weight excluding hydrogens is 417 g/mol. The van der Waals surface area contributed by atoms with E-state index in [2.05, 4.69) is 0 Å². The predicted octanol–water partition coefficient (Wildman–Crippen LogP) is -6.30. The molecular formula is C6H14CaGe2O10. The van der Waals surface area contributed by atoms with Crippen LogP contribution in [0.3, 0.4) is 0 Å². The number of carbonyl (C=O) groups excluding carboxylic acids is 2. The standard InChI is InChI=1S/2C3H8GeO5.Ca/c2*5-3(6)1-2-4(7,8)9;/h2*7-9H,1-2H2,(H,5,6);/q;;+2/p-2. The van der Waals surface area contributed by atoms with Crippen LogP contribution in [0.5, 0.6) is 0 Å². The van der Waals surface area contributed by atoms with Crippen molar-refractivity contribution in [2.24, 2.45) is 0 Å². The van der Waals surface area contributed by atoms with Crippen LogP contribution < -0.4 is 10.2 Å². The monoisotopic (exact) mass is 434 g/mol. The summed E-state index contributed by atoms with van der Waals surface area (Å²) >= 11 is -9.16. The molecule has 0 heterocycles. The molecule has 108 valence electrons. The molecule has 0 rings (SSSR count). The van der Waals surface area contributed by atoms with Crippen LogP contribution in [0.15, 0.2) is 0 Å². The second-order valence-electron chi connectivity index (χ2n) is 3.29. The predicted molar refractivity (Wildman–Crippen MR) is 59.4 cm³/mol. The van der Waals surface area contributed by atoms with Crippen LogP contribution >= 0.6 is 0 Å². The molecule has 0 saturated heterocycles. The Morgan fingerprint density at radius 3 is 1.00 bits per heavy atom. The third-order valence-corrected chi connectivity index (χ3v) is 5.19. The van der Waals surface area contributed by atoms with Crippen LogP contribution in [0.2, 0.25) is 10.5 Å². The number of rotatable bonds is 6. The summed E-state index contributed by atoms with van der Waals surface area (Å²) in [5.41, 5.74) is 0. The fourth-order valence-electron chi connectivity index (χ4n) is 0.540. The van der Waals surface area contributed by atoms with E-state index in [-0.39, 0.29) is 37.7 Å². The van der Waals surface area contributed by atoms with Gasteiger partial charge in [-0.15, -0.1) is 0 Å². The molecule has 0 aromatic carbocycles. The van der Waals surface area contributed by atoms with Gasteiger partial charge in [0.1, 0.15) is 0 Å². The van der Waals surface area contributed by atoms with Gasteiger partial charge in [-0.2, -0.15) is 0 Å². The topological polar surface area (TPSA) is 202 Å². The zero-order chi connectivity index (χ0) is 15.0. The molecule has 0 unspecified atom stereocenters. The van der Waals surface area contributed by atoms with E-state index in [0.29, 0.717) is 0 Å². The first-order valence-electron chi connectivity index (χ1n) is 4.57. The maximum atomic E-state index is 9.63. The Bertz CT molecular complexity index is 244. The van der Waals surface area contributed by atoms with Gasteiger partial charge in [-0.25, -0.2) is 0 Å². The van der Waals surface area contributed by atoms with E-state index in [1.807, 2.05) is 0 Å². The smallest absolute Gasteiger partial charge is 2.00 e. The van der Waals surface area contributed by atoms with Gasteiger partial charge in [0.2, 0.25) is 0 Å². The van der Waals surface area contributed by atoms with Crippen molar-refractivity contribution in [3.05, 3.63) is 0 Å². The summed E-state index contributed by atoms with van der Waals surface area (Å²) in [4.78, 5) is 19.3. The van der Waals surface area contributed by atoms with Gasteiger partial charge in [0.05, 0.1) is 0 Å². The zero-order valence-electron chi connectivity index (χ0n) is 9.85. The Kier molecular flexibility index (Phi) is 15.4. The molecule has 19 heavy (non-hydrogen) atoms. The molecule has 0 aliphatic rings. The van der Waals surface area contributed by atoms with Crippen LogP contribution in [0.4, 0.5) is 0 Å². The third kappa shape index (κ3) is 32.5. The number of carboxylic acid groups (broad SMARTS) is 2. The van der Waals surface area contributed by atoms with Crippen molar-refractivity contribution in [1.82, 2.24) is 0 Å². The summed E-state index contributed by atoms with van der Waals surface area (Å²) in [6, 6.07) is 0. The fraction of sp³-hybridized carbons (Fsp3) is 0.667. The normalized spacial score (nSPS) is 10.8. The first-order chi connectivity index (χ1) is 7.83. The SMILES string of the molecule is O=C([O-])C[CH2][Ge]([OH])([OH])[OH].O=C([O-])C[CH2][Ge]([OH])([OH])[OH].[Ca+2]. The Morgan fingerprint density at radius 2 is 0.947 bits per heavy atom. The van der Waals surface area contributed by atoms with E-state index >= 15 is 0 Å². The average Bonchev–Trinajstić information content (AvgIpc) is 2.10. The number of aliphatic carboxylic acids is 2. The Labute approximate surface area is 145 Å². The van der Waals surface area contributed by atoms with Gasteiger partial charge in [-0.1, -0.05) is 0 Å². The van der Waals surface area contributed by atoms with Gasteiger partial charge in [0.15, 0.2) is 0 Å². The van der Waals surface area contributed by atoms with Crippen LogP contribution in [0.1, 0.15) is 12.8 Å². The van der Waals surface area contributed by atoms with E-state index in [1.54, 1.807) is 0 Å². The van der Waals surface area contributed by atoms with Crippen molar-refractivity contribution < 1.29 is 44.6 Å². The summed E-state index contributed by atoms with van der Waals surface area (Å²) in [6.07, 6.45) is -0.993. The molecule has 0 fully saturated rings. The molecule has 10 nitrogen and oxygen atoms in total. The minimum Gasteiger partial charge on any atom is 2.00 e. The minimum absolute atomic E-state index is 0. The summed E-state index contributed by atoms with van der Waals surface area (Å²) in [7, 11) is 0. The Hall–Kier alpha value is 1.05. The van der Waals surface area contributed by atoms with Crippen LogP contribution in [-0.4, -0.2) is 103 Å². The van der Waals surface area contributed by atoms with Gasteiger partial charge in [0, 0.05) is 0 Å². The van der Waals surface area contributed by atoms with Crippen molar-refractivity contribution in [3.8, 4) is 0 Å². The summed E-state index contributed by atoms with van der Waals surface area (Å²) in [5.74, 6) is -2.77. The largest absolute Gasteiger partial charge is 2.00 e. The molecule has 0 aromatic rings. The van der Waals surface area contributed by atoms with Crippen molar-refractivity contribution in [1.29, 1.82) is 0 Å². The van der Waals surface area contributed by atoms with E-state index in [1.165, 1.54) is 0 Å². The van der Waals surface area contributed by atoms with Crippen LogP contribution in [0.25, 0.3) is 0 Å². The molecule has 13 heteroatoms. The van der Waals surface area contributed by atoms with Crippen molar-refractivity contribution in [2.75, 3.05) is 0 Å². The van der Waals surface area contributed by atoms with E-state index in [4.69, 9.17) is 24.8 Å². The number of hydrogen-bond acceptors (Lipinski definition) is 10. The molecule has 0 atom stereocenters. The number of carbonyl (C=O) groups is 2. The summed E-state index contributed by atoms with van der Waals surface area (Å²) in [6.45, 7) is 0. The van der Waals surface area contributed by atoms with Gasteiger partial charge in [-0.3, -0.25) is 0 Å². The first kappa shape index (κ1) is 25.0. The fourth-order valence-corrected chi connectivity index (χ4v) is 2.80. The zero-order valence-corrected chi connectivity index (χ0v) is 16.3. The third-order valence-electron chi connectivity index (χ3n) is 1.33. The van der Waals surface area contributed by atoms with Gasteiger partial charge in [-0.05, 0) is 0 Å². The molecule has 0 saturated carbocycles. The summed E-state index contributed by atoms with van der Waals surface area (Å²) in [5, 5.41) is 18.4. The van der Waals surface area contributed by atoms with Crippen molar-refractivity contribution in [3.63, 3.8) is 0 Å². The van der Waals surface area contributed by atoms with Crippen molar-refractivity contribution >= 4 is 78.2 Å². The second-order valence-corrected chi connectivity index (χ2v) is 11.9. The van der Waals surface area contributed by atoms with Gasteiger partial charge >= 0.3 is 146 Å². The van der Waals surface area contributed by atoms with Gasteiger partial charge in [0.25, 0.3) is 0 Å². The number of hydrogen-bond donors (Lipinski definition) is 6. The molecule has 0 amide bonds. The molecule has 0 spiro atoms. The molecule has 0 aliphatic carbocycles. The van der Waals surface area contributed by atoms with E-state index < -0.39 is 63.8 Å². The molecule has 0 aromatic heterocycles. The van der Waals surface area contributed by atoms with E-state index in [0.717, 1.165) is 0 Å². The molecule has 0 radical (unpaired) electrons.